The van der Waals surface area contributed by atoms with Crippen LogP contribution in [-0.2, 0) is 9.84 Å². The van der Waals surface area contributed by atoms with E-state index in [-0.39, 0.29) is 5.75 Å². The fourth-order valence-electron chi connectivity index (χ4n) is 1.89. The van der Waals surface area contributed by atoms with Crippen molar-refractivity contribution in [3.8, 4) is 0 Å². The molecular formula is C11H25N3O2S. The minimum atomic E-state index is -2.79. The zero-order chi connectivity index (χ0) is 12.7. The Hall–Kier alpha value is -0.170. The van der Waals surface area contributed by atoms with Gasteiger partial charge in [-0.05, 0) is 20.0 Å². The van der Waals surface area contributed by atoms with Gasteiger partial charge in [0.15, 0.2) is 0 Å². The smallest absolute Gasteiger partial charge is 0.147 e. The highest BCUT2D eigenvalue weighted by atomic mass is 32.2. The molecule has 1 aliphatic rings. The van der Waals surface area contributed by atoms with E-state index in [1.165, 1.54) is 6.26 Å². The van der Waals surface area contributed by atoms with Gasteiger partial charge in [0.05, 0.1) is 5.75 Å². The van der Waals surface area contributed by atoms with Crippen molar-refractivity contribution in [2.75, 3.05) is 64.9 Å². The van der Waals surface area contributed by atoms with Crippen molar-refractivity contribution in [1.29, 1.82) is 0 Å². The number of piperazine rings is 1. The third-order valence-electron chi connectivity index (χ3n) is 3.07. The second-order valence-electron chi connectivity index (χ2n) is 4.88. The third-order valence-corrected chi connectivity index (χ3v) is 4.10. The van der Waals surface area contributed by atoms with Crippen molar-refractivity contribution in [1.82, 2.24) is 15.1 Å². The van der Waals surface area contributed by atoms with Crippen LogP contribution >= 0.6 is 0 Å². The molecule has 0 amide bonds. The molecule has 1 saturated heterocycles. The van der Waals surface area contributed by atoms with Crippen molar-refractivity contribution in [3.63, 3.8) is 0 Å². The van der Waals surface area contributed by atoms with Gasteiger partial charge in [0.1, 0.15) is 9.84 Å². The van der Waals surface area contributed by atoms with Gasteiger partial charge in [0, 0.05) is 45.5 Å². The summed E-state index contributed by atoms with van der Waals surface area (Å²) in [7, 11) is -0.640. The average molecular weight is 263 g/mol. The lowest BCUT2D eigenvalue weighted by atomic mass is 10.3. The molecule has 0 spiro atoms. The van der Waals surface area contributed by atoms with E-state index in [2.05, 4.69) is 22.2 Å². The molecule has 0 aliphatic carbocycles. The third kappa shape index (κ3) is 7.70. The lowest BCUT2D eigenvalue weighted by Gasteiger charge is -2.32. The minimum absolute atomic E-state index is 0.286. The van der Waals surface area contributed by atoms with Crippen LogP contribution in [-0.4, -0.2) is 83.1 Å². The highest BCUT2D eigenvalue weighted by Gasteiger charge is 2.12. The van der Waals surface area contributed by atoms with Crippen LogP contribution in [0.3, 0.4) is 0 Å². The average Bonchev–Trinajstić information content (AvgIpc) is 2.24. The van der Waals surface area contributed by atoms with Crippen molar-refractivity contribution < 1.29 is 8.42 Å². The molecule has 0 unspecified atom stereocenters. The largest absolute Gasteiger partial charge is 0.315 e. The van der Waals surface area contributed by atoms with E-state index < -0.39 is 9.84 Å². The predicted molar refractivity (Wildman–Crippen MR) is 71.1 cm³/mol. The van der Waals surface area contributed by atoms with Gasteiger partial charge in [-0.25, -0.2) is 8.42 Å². The maximum absolute atomic E-state index is 10.9. The Morgan fingerprint density at radius 2 is 1.76 bits per heavy atom. The van der Waals surface area contributed by atoms with E-state index >= 15 is 0 Å². The summed E-state index contributed by atoms with van der Waals surface area (Å²) in [5.41, 5.74) is 0. The molecule has 17 heavy (non-hydrogen) atoms. The maximum Gasteiger partial charge on any atom is 0.147 e. The number of hydrogen-bond acceptors (Lipinski definition) is 5. The molecule has 0 saturated carbocycles. The molecule has 1 N–H and O–H groups in total. The Bertz CT molecular complexity index is 298. The number of sulfone groups is 1. The fraction of sp³-hybridized carbons (Fsp3) is 1.00. The molecule has 0 aromatic heterocycles. The summed E-state index contributed by atoms with van der Waals surface area (Å²) in [5, 5.41) is 3.30. The summed E-state index contributed by atoms with van der Waals surface area (Å²) in [4.78, 5) is 4.79. The number of hydrogen-bond donors (Lipinski definition) is 1. The van der Waals surface area contributed by atoms with Crippen LogP contribution in [0.2, 0.25) is 0 Å². The topological polar surface area (TPSA) is 52.6 Å². The molecule has 0 aromatic carbocycles. The standard InChI is InChI=1S/C11H25N3O2S/c1-13-7-9-14(10-8-13)6-5-12-4-3-11-17(2,15)16/h12H,3-11H2,1-2H3. The molecule has 1 heterocycles. The molecule has 0 aromatic rings. The number of likely N-dealkylation sites (N-methyl/N-ethyl adjacent to an activating group) is 1. The van der Waals surface area contributed by atoms with Crippen LogP contribution < -0.4 is 5.32 Å². The van der Waals surface area contributed by atoms with Crippen molar-refractivity contribution >= 4 is 9.84 Å². The molecule has 0 bridgehead atoms. The first kappa shape index (κ1) is 14.9. The summed E-state index contributed by atoms with van der Waals surface area (Å²) in [6.07, 6.45) is 2.00. The maximum atomic E-state index is 10.9. The SMILES string of the molecule is CN1CCN(CCNCCCS(C)(=O)=O)CC1. The predicted octanol–water partition coefficient (Wildman–Crippen LogP) is -0.742. The summed E-state index contributed by atoms with van der Waals surface area (Å²) in [6.45, 7) is 7.38. The van der Waals surface area contributed by atoms with Gasteiger partial charge >= 0.3 is 0 Å². The molecular weight excluding hydrogens is 238 g/mol. The molecule has 6 heteroatoms. The second kappa shape index (κ2) is 7.31. The van der Waals surface area contributed by atoms with Gasteiger partial charge in [-0.1, -0.05) is 0 Å². The Kier molecular flexibility index (Phi) is 6.40. The van der Waals surface area contributed by atoms with Crippen LogP contribution in [0.4, 0.5) is 0 Å². The monoisotopic (exact) mass is 263 g/mol. The Morgan fingerprint density at radius 1 is 1.12 bits per heavy atom. The van der Waals surface area contributed by atoms with Gasteiger partial charge < -0.3 is 10.2 Å². The second-order valence-corrected chi connectivity index (χ2v) is 7.14. The van der Waals surface area contributed by atoms with Crippen LogP contribution in [0.5, 0.6) is 0 Å². The van der Waals surface area contributed by atoms with Gasteiger partial charge in [-0.2, -0.15) is 0 Å². The molecule has 0 atom stereocenters. The Balaban J connectivity index is 1.94. The van der Waals surface area contributed by atoms with E-state index in [4.69, 9.17) is 0 Å². The zero-order valence-corrected chi connectivity index (χ0v) is 11.8. The first-order valence-electron chi connectivity index (χ1n) is 6.27. The van der Waals surface area contributed by atoms with E-state index in [1.807, 2.05) is 0 Å². The molecule has 0 radical (unpaired) electrons. The lowest BCUT2D eigenvalue weighted by molar-refractivity contribution is 0.155. The van der Waals surface area contributed by atoms with Gasteiger partial charge in [0.2, 0.25) is 0 Å². The quantitative estimate of drug-likeness (QED) is 0.613. The van der Waals surface area contributed by atoms with Crippen LogP contribution in [0.1, 0.15) is 6.42 Å². The first-order valence-corrected chi connectivity index (χ1v) is 8.33. The van der Waals surface area contributed by atoms with Crippen LogP contribution in [0.25, 0.3) is 0 Å². The summed E-state index contributed by atoms with van der Waals surface area (Å²) in [6, 6.07) is 0. The summed E-state index contributed by atoms with van der Waals surface area (Å²) < 4.78 is 21.8. The van der Waals surface area contributed by atoms with Crippen molar-refractivity contribution in [2.45, 2.75) is 6.42 Å². The van der Waals surface area contributed by atoms with E-state index in [1.54, 1.807) is 0 Å². The summed E-state index contributed by atoms with van der Waals surface area (Å²) >= 11 is 0. The number of nitrogens with one attached hydrogen (secondary N) is 1. The first-order chi connectivity index (χ1) is 7.97. The number of nitrogens with zero attached hydrogens (tertiary/aromatic N) is 2. The summed E-state index contributed by atoms with van der Waals surface area (Å²) in [5.74, 6) is 0.286. The van der Waals surface area contributed by atoms with Gasteiger partial charge in [-0.15, -0.1) is 0 Å². The molecule has 5 nitrogen and oxygen atoms in total. The molecule has 1 rings (SSSR count). The highest BCUT2D eigenvalue weighted by molar-refractivity contribution is 7.90. The van der Waals surface area contributed by atoms with Gasteiger partial charge in [-0.3, -0.25) is 4.90 Å². The normalized spacial score (nSPS) is 19.6. The zero-order valence-electron chi connectivity index (χ0n) is 11.0. The Labute approximate surface area is 105 Å². The van der Waals surface area contributed by atoms with E-state index in [0.717, 1.165) is 45.8 Å². The van der Waals surface area contributed by atoms with Crippen molar-refractivity contribution in [2.24, 2.45) is 0 Å². The number of rotatable bonds is 7. The van der Waals surface area contributed by atoms with Crippen molar-refractivity contribution in [3.05, 3.63) is 0 Å². The van der Waals surface area contributed by atoms with Gasteiger partial charge in [0.25, 0.3) is 0 Å². The Morgan fingerprint density at radius 3 is 2.35 bits per heavy atom. The highest BCUT2D eigenvalue weighted by Crippen LogP contribution is 1.97. The fourth-order valence-corrected chi connectivity index (χ4v) is 2.56. The van der Waals surface area contributed by atoms with E-state index in [9.17, 15) is 8.42 Å². The molecule has 1 aliphatic heterocycles. The minimum Gasteiger partial charge on any atom is -0.315 e. The lowest BCUT2D eigenvalue weighted by Crippen LogP contribution is -2.46. The van der Waals surface area contributed by atoms with E-state index in [0.29, 0.717) is 6.42 Å². The molecule has 1 fully saturated rings. The van der Waals surface area contributed by atoms with Crippen LogP contribution in [0, 0.1) is 0 Å². The van der Waals surface area contributed by atoms with Crippen LogP contribution in [0.15, 0.2) is 0 Å². The molecule has 102 valence electrons.